The molecule has 22 heavy (non-hydrogen) atoms. The second-order valence-corrected chi connectivity index (χ2v) is 5.57. The summed E-state index contributed by atoms with van der Waals surface area (Å²) < 4.78 is 19.4. The molecule has 1 N–H and O–H groups in total. The van der Waals surface area contributed by atoms with Crippen LogP contribution in [0, 0.1) is 12.7 Å². The molecule has 118 valence electrons. The van der Waals surface area contributed by atoms with Gasteiger partial charge in [-0.25, -0.2) is 4.39 Å². The van der Waals surface area contributed by atoms with E-state index in [0.29, 0.717) is 29.2 Å². The molecule has 0 atom stereocenters. The van der Waals surface area contributed by atoms with E-state index in [2.05, 4.69) is 0 Å². The Bertz CT molecular complexity index is 664. The first kappa shape index (κ1) is 16.2. The van der Waals surface area contributed by atoms with E-state index in [4.69, 9.17) is 9.52 Å². The molecule has 2 rings (SSSR count). The predicted octanol–water partition coefficient (Wildman–Crippen LogP) is 3.69. The largest absolute Gasteiger partial charge is 0.480 e. The van der Waals surface area contributed by atoms with Crippen molar-refractivity contribution >= 4 is 5.97 Å². The number of halogens is 1. The Labute approximate surface area is 129 Å². The van der Waals surface area contributed by atoms with Gasteiger partial charge in [-0.15, -0.1) is 0 Å². The van der Waals surface area contributed by atoms with Gasteiger partial charge in [0.15, 0.2) is 0 Å². The van der Waals surface area contributed by atoms with Crippen LogP contribution >= 0.6 is 0 Å². The highest BCUT2D eigenvalue weighted by atomic mass is 19.1. The van der Waals surface area contributed by atoms with Crippen molar-refractivity contribution in [2.24, 2.45) is 0 Å². The molecule has 0 aliphatic carbocycles. The highest BCUT2D eigenvalue weighted by molar-refractivity contribution is 5.69. The lowest BCUT2D eigenvalue weighted by Gasteiger charge is -2.23. The predicted molar refractivity (Wildman–Crippen MR) is 82.0 cm³/mol. The molecular formula is C17H20FNO3. The summed E-state index contributed by atoms with van der Waals surface area (Å²) >= 11 is 0. The van der Waals surface area contributed by atoms with Crippen molar-refractivity contribution in [2.45, 2.75) is 33.4 Å². The zero-order chi connectivity index (χ0) is 16.3. The highest BCUT2D eigenvalue weighted by Gasteiger charge is 2.16. The number of rotatable bonds is 6. The molecule has 0 spiro atoms. The van der Waals surface area contributed by atoms with Crippen LogP contribution in [0.15, 0.2) is 34.7 Å². The summed E-state index contributed by atoms with van der Waals surface area (Å²) in [6, 6.07) is 8.53. The van der Waals surface area contributed by atoms with Crippen molar-refractivity contribution in [3.63, 3.8) is 0 Å². The molecule has 0 saturated heterocycles. The lowest BCUT2D eigenvalue weighted by atomic mass is 10.1. The molecule has 0 saturated carbocycles. The SMILES string of the molecule is Cc1c(F)cccc1-c1ccc(CN(CC(=O)O)C(C)C)o1. The third kappa shape index (κ3) is 3.74. The Hall–Kier alpha value is -2.14. The van der Waals surface area contributed by atoms with E-state index in [9.17, 15) is 9.18 Å². The quantitative estimate of drug-likeness (QED) is 0.884. The maximum absolute atomic E-state index is 13.6. The molecule has 0 bridgehead atoms. The Morgan fingerprint density at radius 1 is 1.32 bits per heavy atom. The van der Waals surface area contributed by atoms with Gasteiger partial charge in [0.1, 0.15) is 17.3 Å². The third-order valence-corrected chi connectivity index (χ3v) is 3.62. The summed E-state index contributed by atoms with van der Waals surface area (Å²) in [5.74, 6) is 0.103. The van der Waals surface area contributed by atoms with Crippen molar-refractivity contribution in [2.75, 3.05) is 6.54 Å². The van der Waals surface area contributed by atoms with Gasteiger partial charge in [0.2, 0.25) is 0 Å². The second kappa shape index (κ2) is 6.75. The van der Waals surface area contributed by atoms with Gasteiger partial charge in [0.05, 0.1) is 13.1 Å². The second-order valence-electron chi connectivity index (χ2n) is 5.57. The lowest BCUT2D eigenvalue weighted by molar-refractivity contribution is -0.139. The molecule has 5 heteroatoms. The number of hydrogen-bond acceptors (Lipinski definition) is 3. The molecule has 0 aliphatic rings. The van der Waals surface area contributed by atoms with Gasteiger partial charge in [-0.2, -0.15) is 0 Å². The Kier molecular flexibility index (Phi) is 4.98. The molecule has 0 unspecified atom stereocenters. The summed E-state index contributed by atoms with van der Waals surface area (Å²) in [4.78, 5) is 12.7. The minimum atomic E-state index is -0.874. The number of carboxylic acids is 1. The molecule has 1 aromatic carbocycles. The van der Waals surface area contributed by atoms with Crippen molar-refractivity contribution in [1.29, 1.82) is 0 Å². The van der Waals surface area contributed by atoms with Gasteiger partial charge >= 0.3 is 5.97 Å². The fraction of sp³-hybridized carbons (Fsp3) is 0.353. The summed E-state index contributed by atoms with van der Waals surface area (Å²) in [7, 11) is 0. The van der Waals surface area contributed by atoms with Crippen LogP contribution in [0.1, 0.15) is 25.2 Å². The van der Waals surface area contributed by atoms with Gasteiger partial charge in [0.25, 0.3) is 0 Å². The number of furan rings is 1. The standard InChI is InChI=1S/C17H20FNO3/c1-11(2)19(10-17(20)21)9-13-7-8-16(22-13)14-5-4-6-15(18)12(14)3/h4-8,11H,9-10H2,1-3H3,(H,20,21). The topological polar surface area (TPSA) is 53.7 Å². The minimum Gasteiger partial charge on any atom is -0.480 e. The van der Waals surface area contributed by atoms with Gasteiger partial charge in [0, 0.05) is 11.6 Å². The van der Waals surface area contributed by atoms with Crippen molar-refractivity contribution < 1.29 is 18.7 Å². The van der Waals surface area contributed by atoms with Crippen LogP contribution in [0.4, 0.5) is 4.39 Å². The Morgan fingerprint density at radius 2 is 2.05 bits per heavy atom. The molecule has 0 aliphatic heterocycles. The van der Waals surface area contributed by atoms with E-state index < -0.39 is 5.97 Å². The summed E-state index contributed by atoms with van der Waals surface area (Å²) in [6.07, 6.45) is 0. The van der Waals surface area contributed by atoms with E-state index >= 15 is 0 Å². The first-order valence-electron chi connectivity index (χ1n) is 7.18. The average molecular weight is 305 g/mol. The normalized spacial score (nSPS) is 11.4. The first-order valence-corrected chi connectivity index (χ1v) is 7.18. The molecule has 1 aromatic heterocycles. The number of carboxylic acid groups (broad SMARTS) is 1. The first-order chi connectivity index (χ1) is 10.4. The van der Waals surface area contributed by atoms with Crippen molar-refractivity contribution in [1.82, 2.24) is 4.90 Å². The Morgan fingerprint density at radius 3 is 2.68 bits per heavy atom. The summed E-state index contributed by atoms with van der Waals surface area (Å²) in [5, 5.41) is 8.95. The number of hydrogen-bond donors (Lipinski definition) is 1. The van der Waals surface area contributed by atoms with Crippen LogP contribution in [0.2, 0.25) is 0 Å². The van der Waals surface area contributed by atoms with Crippen LogP contribution in [-0.2, 0) is 11.3 Å². The summed E-state index contributed by atoms with van der Waals surface area (Å²) in [6.45, 7) is 5.93. The third-order valence-electron chi connectivity index (χ3n) is 3.62. The van der Waals surface area contributed by atoms with Gasteiger partial charge < -0.3 is 9.52 Å². The zero-order valence-electron chi connectivity index (χ0n) is 13.0. The van der Waals surface area contributed by atoms with Crippen molar-refractivity contribution in [3.8, 4) is 11.3 Å². The van der Waals surface area contributed by atoms with Gasteiger partial charge in [-0.3, -0.25) is 9.69 Å². The fourth-order valence-corrected chi connectivity index (χ4v) is 2.28. The van der Waals surface area contributed by atoms with Crippen LogP contribution in [-0.4, -0.2) is 28.6 Å². The van der Waals surface area contributed by atoms with Crippen LogP contribution in [0.25, 0.3) is 11.3 Å². The maximum atomic E-state index is 13.6. The average Bonchev–Trinajstić information content (AvgIpc) is 2.89. The minimum absolute atomic E-state index is 0.0489. The number of carbonyl (C=O) groups is 1. The van der Waals surface area contributed by atoms with Gasteiger partial charge in [-0.1, -0.05) is 12.1 Å². The monoisotopic (exact) mass is 305 g/mol. The van der Waals surface area contributed by atoms with Crippen LogP contribution < -0.4 is 0 Å². The zero-order valence-corrected chi connectivity index (χ0v) is 13.0. The van der Waals surface area contributed by atoms with Crippen LogP contribution in [0.5, 0.6) is 0 Å². The van der Waals surface area contributed by atoms with E-state index in [0.717, 1.165) is 0 Å². The smallest absolute Gasteiger partial charge is 0.317 e. The number of aliphatic carboxylic acids is 1. The molecular weight excluding hydrogens is 285 g/mol. The van der Waals surface area contributed by atoms with E-state index in [1.165, 1.54) is 6.07 Å². The molecule has 0 amide bonds. The molecule has 0 fully saturated rings. The number of benzene rings is 1. The van der Waals surface area contributed by atoms with E-state index in [-0.39, 0.29) is 18.4 Å². The number of nitrogens with zero attached hydrogens (tertiary/aromatic N) is 1. The molecule has 4 nitrogen and oxygen atoms in total. The van der Waals surface area contributed by atoms with Crippen LogP contribution in [0.3, 0.4) is 0 Å². The Balaban J connectivity index is 2.20. The molecule has 1 heterocycles. The van der Waals surface area contributed by atoms with E-state index in [1.807, 2.05) is 13.8 Å². The lowest BCUT2D eigenvalue weighted by Crippen LogP contribution is -2.34. The van der Waals surface area contributed by atoms with E-state index in [1.54, 1.807) is 36.1 Å². The fourth-order valence-electron chi connectivity index (χ4n) is 2.28. The highest BCUT2D eigenvalue weighted by Crippen LogP contribution is 2.27. The molecule has 2 aromatic rings. The van der Waals surface area contributed by atoms with Gasteiger partial charge in [-0.05, 0) is 44.5 Å². The maximum Gasteiger partial charge on any atom is 0.317 e. The van der Waals surface area contributed by atoms with Crippen molar-refractivity contribution in [3.05, 3.63) is 47.5 Å². The molecule has 0 radical (unpaired) electrons. The summed E-state index contributed by atoms with van der Waals surface area (Å²) in [5.41, 5.74) is 1.25.